The van der Waals surface area contributed by atoms with E-state index in [1.807, 2.05) is 13.0 Å². The number of carbonyl (C=O) groups excluding carboxylic acids is 1. The molecule has 0 aromatic carbocycles. The van der Waals surface area contributed by atoms with Crippen molar-refractivity contribution in [2.45, 2.75) is 6.92 Å². The molecule has 1 aromatic heterocycles. The van der Waals surface area contributed by atoms with E-state index in [9.17, 15) is 4.79 Å². The maximum atomic E-state index is 11.6. The zero-order valence-corrected chi connectivity index (χ0v) is 9.14. The summed E-state index contributed by atoms with van der Waals surface area (Å²) in [7, 11) is 0. The fourth-order valence-corrected chi connectivity index (χ4v) is 1.45. The van der Waals surface area contributed by atoms with Crippen LogP contribution >= 0.6 is 11.6 Å². The number of aryl methyl sites for hydroxylation is 1. The Morgan fingerprint density at radius 1 is 1.67 bits per heavy atom. The van der Waals surface area contributed by atoms with Crippen molar-refractivity contribution in [1.82, 2.24) is 10.3 Å². The van der Waals surface area contributed by atoms with E-state index < -0.39 is 0 Å². The average Bonchev–Trinajstić information content (AvgIpc) is 2.08. The van der Waals surface area contributed by atoms with E-state index in [0.29, 0.717) is 10.8 Å². The first kappa shape index (κ1) is 10.4. The standard InChI is InChI=1S/C10H12ClN3O/c1-6-2-8(5-13-9(6)11)14-10(15)7-3-12-4-7/h2,5,7,12H,3-4H2,1H3,(H,14,15). The molecule has 1 aromatic rings. The average molecular weight is 226 g/mol. The van der Waals surface area contributed by atoms with Crippen LogP contribution in [0.25, 0.3) is 0 Å². The summed E-state index contributed by atoms with van der Waals surface area (Å²) in [5.74, 6) is 0.123. The molecule has 0 saturated carbocycles. The van der Waals surface area contributed by atoms with Crippen LogP contribution in [0.15, 0.2) is 12.3 Å². The third-order valence-corrected chi connectivity index (χ3v) is 2.83. The summed E-state index contributed by atoms with van der Waals surface area (Å²) in [4.78, 5) is 15.5. The summed E-state index contributed by atoms with van der Waals surface area (Å²) in [6.07, 6.45) is 1.57. The highest BCUT2D eigenvalue weighted by molar-refractivity contribution is 6.30. The molecule has 0 spiro atoms. The predicted molar refractivity (Wildman–Crippen MR) is 59.0 cm³/mol. The highest BCUT2D eigenvalue weighted by atomic mass is 35.5. The summed E-state index contributed by atoms with van der Waals surface area (Å²) < 4.78 is 0. The first-order chi connectivity index (χ1) is 7.16. The first-order valence-corrected chi connectivity index (χ1v) is 5.18. The molecule has 80 valence electrons. The Balaban J connectivity index is 2.03. The molecule has 1 aliphatic heterocycles. The molecule has 2 N–H and O–H groups in total. The molecule has 1 fully saturated rings. The van der Waals surface area contributed by atoms with Crippen LogP contribution in [0.4, 0.5) is 5.69 Å². The zero-order valence-electron chi connectivity index (χ0n) is 8.38. The van der Waals surface area contributed by atoms with Crippen molar-refractivity contribution in [3.8, 4) is 0 Å². The van der Waals surface area contributed by atoms with Crippen molar-refractivity contribution in [3.05, 3.63) is 23.0 Å². The van der Waals surface area contributed by atoms with Crippen molar-refractivity contribution in [1.29, 1.82) is 0 Å². The van der Waals surface area contributed by atoms with E-state index in [1.165, 1.54) is 0 Å². The lowest BCUT2D eigenvalue weighted by Crippen LogP contribution is -2.48. The molecule has 4 nitrogen and oxygen atoms in total. The van der Waals surface area contributed by atoms with E-state index in [1.54, 1.807) is 6.20 Å². The van der Waals surface area contributed by atoms with Gasteiger partial charge in [-0.05, 0) is 18.6 Å². The molecule has 15 heavy (non-hydrogen) atoms. The maximum Gasteiger partial charge on any atom is 0.230 e. The number of amides is 1. The Hall–Kier alpha value is -1.13. The van der Waals surface area contributed by atoms with Crippen molar-refractivity contribution in [2.75, 3.05) is 18.4 Å². The molecule has 0 atom stereocenters. The number of hydrogen-bond acceptors (Lipinski definition) is 3. The van der Waals surface area contributed by atoms with E-state index >= 15 is 0 Å². The zero-order chi connectivity index (χ0) is 10.8. The molecular formula is C10H12ClN3O. The van der Waals surface area contributed by atoms with Crippen LogP contribution in [-0.4, -0.2) is 24.0 Å². The van der Waals surface area contributed by atoms with Gasteiger partial charge in [0, 0.05) is 13.1 Å². The minimum Gasteiger partial charge on any atom is -0.324 e. The molecule has 1 amide bonds. The van der Waals surface area contributed by atoms with E-state index in [-0.39, 0.29) is 11.8 Å². The number of aromatic nitrogens is 1. The van der Waals surface area contributed by atoms with Gasteiger partial charge in [-0.1, -0.05) is 11.6 Å². The lowest BCUT2D eigenvalue weighted by molar-refractivity contribution is -0.121. The number of hydrogen-bond donors (Lipinski definition) is 2. The first-order valence-electron chi connectivity index (χ1n) is 4.80. The molecule has 0 radical (unpaired) electrons. The smallest absolute Gasteiger partial charge is 0.230 e. The Kier molecular flexibility index (Phi) is 2.88. The fourth-order valence-electron chi connectivity index (χ4n) is 1.34. The minimum atomic E-state index is 0.0391. The van der Waals surface area contributed by atoms with Gasteiger partial charge in [-0.25, -0.2) is 4.98 Å². The van der Waals surface area contributed by atoms with Gasteiger partial charge >= 0.3 is 0 Å². The molecule has 1 saturated heterocycles. The summed E-state index contributed by atoms with van der Waals surface area (Å²) in [6.45, 7) is 3.37. The topological polar surface area (TPSA) is 54.0 Å². The van der Waals surface area contributed by atoms with Gasteiger partial charge in [0.15, 0.2) is 0 Å². The van der Waals surface area contributed by atoms with E-state index in [0.717, 1.165) is 18.7 Å². The van der Waals surface area contributed by atoms with Crippen LogP contribution in [0.2, 0.25) is 5.15 Å². The molecule has 0 aliphatic carbocycles. The normalized spacial score (nSPS) is 15.9. The number of anilines is 1. The Morgan fingerprint density at radius 3 is 2.93 bits per heavy atom. The number of halogens is 1. The predicted octanol–water partition coefficient (Wildman–Crippen LogP) is 1.20. The Morgan fingerprint density at radius 2 is 2.40 bits per heavy atom. The van der Waals surface area contributed by atoms with Crippen LogP contribution in [0, 0.1) is 12.8 Å². The van der Waals surface area contributed by atoms with Crippen LogP contribution in [0.5, 0.6) is 0 Å². The lowest BCUT2D eigenvalue weighted by Gasteiger charge is -2.25. The van der Waals surface area contributed by atoms with Gasteiger partial charge in [0.25, 0.3) is 0 Å². The number of carbonyl (C=O) groups is 1. The summed E-state index contributed by atoms with van der Waals surface area (Å²) in [5.41, 5.74) is 1.56. The van der Waals surface area contributed by atoms with Gasteiger partial charge in [-0.2, -0.15) is 0 Å². The van der Waals surface area contributed by atoms with Crippen LogP contribution in [0.3, 0.4) is 0 Å². The molecule has 0 bridgehead atoms. The SMILES string of the molecule is Cc1cc(NC(=O)C2CNC2)cnc1Cl. The number of rotatable bonds is 2. The molecule has 5 heteroatoms. The second-order valence-corrected chi connectivity index (χ2v) is 4.03. The number of pyridine rings is 1. The van der Waals surface area contributed by atoms with Crippen molar-refractivity contribution >= 4 is 23.2 Å². The number of nitrogens with zero attached hydrogens (tertiary/aromatic N) is 1. The molecule has 0 unspecified atom stereocenters. The summed E-state index contributed by atoms with van der Waals surface area (Å²) in [5, 5.41) is 6.33. The second-order valence-electron chi connectivity index (χ2n) is 3.68. The number of nitrogens with one attached hydrogen (secondary N) is 2. The van der Waals surface area contributed by atoms with Gasteiger partial charge < -0.3 is 10.6 Å². The second kappa shape index (κ2) is 4.16. The molecule has 2 rings (SSSR count). The van der Waals surface area contributed by atoms with E-state index in [4.69, 9.17) is 11.6 Å². The van der Waals surface area contributed by atoms with Crippen molar-refractivity contribution < 1.29 is 4.79 Å². The monoisotopic (exact) mass is 225 g/mol. The Bertz CT molecular complexity index is 390. The quantitative estimate of drug-likeness (QED) is 0.744. The minimum absolute atomic E-state index is 0.0391. The van der Waals surface area contributed by atoms with Gasteiger partial charge in [-0.3, -0.25) is 4.79 Å². The molecule has 1 aliphatic rings. The molecular weight excluding hydrogens is 214 g/mol. The van der Waals surface area contributed by atoms with Crippen LogP contribution in [-0.2, 0) is 4.79 Å². The summed E-state index contributed by atoms with van der Waals surface area (Å²) in [6, 6.07) is 1.82. The summed E-state index contributed by atoms with van der Waals surface area (Å²) >= 11 is 5.78. The van der Waals surface area contributed by atoms with Crippen molar-refractivity contribution in [2.24, 2.45) is 5.92 Å². The van der Waals surface area contributed by atoms with Crippen LogP contribution < -0.4 is 10.6 Å². The maximum absolute atomic E-state index is 11.6. The third-order valence-electron chi connectivity index (χ3n) is 2.43. The lowest BCUT2D eigenvalue weighted by atomic mass is 10.0. The van der Waals surface area contributed by atoms with Gasteiger partial charge in [0.05, 0.1) is 17.8 Å². The highest BCUT2D eigenvalue weighted by Crippen LogP contribution is 2.17. The largest absolute Gasteiger partial charge is 0.324 e. The van der Waals surface area contributed by atoms with Gasteiger partial charge in [-0.15, -0.1) is 0 Å². The van der Waals surface area contributed by atoms with Gasteiger partial charge in [0.1, 0.15) is 5.15 Å². The van der Waals surface area contributed by atoms with Crippen molar-refractivity contribution in [3.63, 3.8) is 0 Å². The molecule has 2 heterocycles. The Labute approximate surface area is 93.0 Å². The van der Waals surface area contributed by atoms with E-state index in [2.05, 4.69) is 15.6 Å². The third kappa shape index (κ3) is 2.27. The van der Waals surface area contributed by atoms with Crippen LogP contribution in [0.1, 0.15) is 5.56 Å². The highest BCUT2D eigenvalue weighted by Gasteiger charge is 2.24. The van der Waals surface area contributed by atoms with Gasteiger partial charge in [0.2, 0.25) is 5.91 Å². The fraction of sp³-hybridized carbons (Fsp3) is 0.400.